The van der Waals surface area contributed by atoms with Crippen LogP contribution in [0.2, 0.25) is 0 Å². The molecule has 3 rings (SSSR count). The van der Waals surface area contributed by atoms with Gasteiger partial charge in [-0.3, -0.25) is 4.79 Å². The van der Waals surface area contributed by atoms with Crippen molar-refractivity contribution in [3.8, 4) is 0 Å². The number of hydrogen-bond donors (Lipinski definition) is 0. The van der Waals surface area contributed by atoms with Gasteiger partial charge in [0.1, 0.15) is 0 Å². The number of hydrazone groups is 1. The van der Waals surface area contributed by atoms with Crippen LogP contribution in [0.5, 0.6) is 0 Å². The monoisotopic (exact) mass is 299 g/mol. The highest BCUT2D eigenvalue weighted by Gasteiger charge is 2.48. The minimum atomic E-state index is -4.61. The maximum absolute atomic E-state index is 12.8. The van der Waals surface area contributed by atoms with Gasteiger partial charge in [-0.2, -0.15) is 23.3 Å². The number of alkyl halides is 3. The van der Waals surface area contributed by atoms with Crippen molar-refractivity contribution in [2.45, 2.75) is 13.1 Å². The predicted molar refractivity (Wildman–Crippen MR) is 69.8 cm³/mol. The zero-order valence-electron chi connectivity index (χ0n) is 10.2. The standard InChI is InChI=1S/C12H8F3N3OS/c1-6-9(12(13,14)15)17-18(10(6)19)11-16-7-4-2-3-5-8(7)20-11/h2-6H,1H3. The van der Waals surface area contributed by atoms with Gasteiger partial charge in [-0.25, -0.2) is 4.98 Å². The molecule has 1 aliphatic rings. The maximum Gasteiger partial charge on any atom is 0.432 e. The second kappa shape index (κ2) is 4.27. The first-order chi connectivity index (χ1) is 9.38. The number of hydrogen-bond acceptors (Lipinski definition) is 4. The second-order valence-electron chi connectivity index (χ2n) is 4.32. The largest absolute Gasteiger partial charge is 0.432 e. The Morgan fingerprint density at radius 3 is 2.60 bits per heavy atom. The summed E-state index contributed by atoms with van der Waals surface area (Å²) < 4.78 is 39.0. The van der Waals surface area contributed by atoms with E-state index in [0.717, 1.165) is 21.0 Å². The zero-order chi connectivity index (χ0) is 14.5. The van der Waals surface area contributed by atoms with Gasteiger partial charge in [-0.15, -0.1) is 0 Å². The Hall–Kier alpha value is -1.96. The molecule has 0 spiro atoms. The summed E-state index contributed by atoms with van der Waals surface area (Å²) in [5.41, 5.74) is -0.453. The highest BCUT2D eigenvalue weighted by atomic mass is 32.1. The number of nitrogens with zero attached hydrogens (tertiary/aromatic N) is 3. The molecule has 0 bridgehead atoms. The van der Waals surface area contributed by atoms with Crippen molar-refractivity contribution in [1.82, 2.24) is 4.98 Å². The van der Waals surface area contributed by atoms with E-state index in [0.29, 0.717) is 5.52 Å². The molecule has 1 aliphatic heterocycles. The number of benzene rings is 1. The third kappa shape index (κ3) is 1.96. The molecule has 4 nitrogen and oxygen atoms in total. The molecule has 0 radical (unpaired) electrons. The summed E-state index contributed by atoms with van der Waals surface area (Å²) in [5.74, 6) is -2.02. The van der Waals surface area contributed by atoms with Gasteiger partial charge in [0.15, 0.2) is 5.71 Å². The van der Waals surface area contributed by atoms with Crippen molar-refractivity contribution in [3.63, 3.8) is 0 Å². The highest BCUT2D eigenvalue weighted by Crippen LogP contribution is 2.35. The SMILES string of the molecule is CC1C(=O)N(c2nc3ccccc3s2)N=C1C(F)(F)F. The van der Waals surface area contributed by atoms with Crippen LogP contribution in [-0.4, -0.2) is 22.8 Å². The second-order valence-corrected chi connectivity index (χ2v) is 5.33. The molecule has 2 aromatic rings. The molecule has 1 amide bonds. The van der Waals surface area contributed by atoms with E-state index in [2.05, 4.69) is 10.1 Å². The molecule has 0 saturated carbocycles. The number of halogens is 3. The lowest BCUT2D eigenvalue weighted by Gasteiger charge is -2.08. The van der Waals surface area contributed by atoms with E-state index >= 15 is 0 Å². The lowest BCUT2D eigenvalue weighted by atomic mass is 10.1. The van der Waals surface area contributed by atoms with Crippen molar-refractivity contribution in [3.05, 3.63) is 24.3 Å². The third-order valence-corrected chi connectivity index (χ3v) is 3.96. The summed E-state index contributed by atoms with van der Waals surface area (Å²) in [6.45, 7) is 1.20. The lowest BCUT2D eigenvalue weighted by Crippen LogP contribution is -2.31. The Morgan fingerprint density at radius 1 is 1.30 bits per heavy atom. The molecule has 1 aromatic heterocycles. The van der Waals surface area contributed by atoms with Gasteiger partial charge in [0.25, 0.3) is 5.91 Å². The molecule has 0 fully saturated rings. The number of fused-ring (bicyclic) bond motifs is 1. The number of aromatic nitrogens is 1. The highest BCUT2D eigenvalue weighted by molar-refractivity contribution is 7.22. The van der Waals surface area contributed by atoms with Crippen LogP contribution in [0, 0.1) is 5.92 Å². The summed E-state index contributed by atoms with van der Waals surface area (Å²) in [4.78, 5) is 16.1. The van der Waals surface area contributed by atoms with E-state index in [1.807, 2.05) is 0 Å². The summed E-state index contributed by atoms with van der Waals surface area (Å²) in [5, 5.41) is 4.31. The average molecular weight is 299 g/mol. The Morgan fingerprint density at radius 2 is 2.00 bits per heavy atom. The van der Waals surface area contributed by atoms with E-state index < -0.39 is 23.7 Å². The van der Waals surface area contributed by atoms with E-state index in [9.17, 15) is 18.0 Å². The summed E-state index contributed by atoms with van der Waals surface area (Å²) in [7, 11) is 0. The number of rotatable bonds is 1. The topological polar surface area (TPSA) is 45.6 Å². The van der Waals surface area contributed by atoms with Gasteiger partial charge >= 0.3 is 6.18 Å². The van der Waals surface area contributed by atoms with Gasteiger partial charge in [-0.1, -0.05) is 23.5 Å². The van der Waals surface area contributed by atoms with E-state index in [-0.39, 0.29) is 5.13 Å². The predicted octanol–water partition coefficient (Wildman–Crippen LogP) is 3.20. The molecule has 20 heavy (non-hydrogen) atoms. The third-order valence-electron chi connectivity index (χ3n) is 2.95. The van der Waals surface area contributed by atoms with Crippen LogP contribution < -0.4 is 5.01 Å². The van der Waals surface area contributed by atoms with Crippen LogP contribution in [0.1, 0.15) is 6.92 Å². The van der Waals surface area contributed by atoms with E-state index in [1.165, 1.54) is 6.92 Å². The van der Waals surface area contributed by atoms with Crippen LogP contribution >= 0.6 is 11.3 Å². The number of para-hydroxylation sites is 1. The molecule has 2 heterocycles. The smallest absolute Gasteiger partial charge is 0.272 e. The van der Waals surface area contributed by atoms with Gasteiger partial charge in [0.2, 0.25) is 5.13 Å². The summed E-state index contributed by atoms with van der Waals surface area (Å²) in [6.07, 6.45) is -4.61. The minimum absolute atomic E-state index is 0.155. The fourth-order valence-corrected chi connectivity index (χ4v) is 2.86. The number of carbonyl (C=O) groups excluding carboxylic acids is 1. The number of carbonyl (C=O) groups is 1. The molecular formula is C12H8F3N3OS. The zero-order valence-corrected chi connectivity index (χ0v) is 11.0. The number of anilines is 1. The van der Waals surface area contributed by atoms with Crippen LogP contribution in [0.4, 0.5) is 18.3 Å². The Labute approximate surface area is 115 Å². The van der Waals surface area contributed by atoms with Crippen molar-refractivity contribution >= 4 is 38.3 Å². The fraction of sp³-hybridized carbons (Fsp3) is 0.250. The van der Waals surface area contributed by atoms with E-state index in [4.69, 9.17) is 0 Å². The van der Waals surface area contributed by atoms with Gasteiger partial charge in [0, 0.05) is 0 Å². The molecule has 0 aliphatic carbocycles. The minimum Gasteiger partial charge on any atom is -0.272 e. The van der Waals surface area contributed by atoms with Crippen LogP contribution in [-0.2, 0) is 4.79 Å². The van der Waals surface area contributed by atoms with Crippen LogP contribution in [0.25, 0.3) is 10.2 Å². The number of thiazole rings is 1. The molecule has 1 atom stereocenters. The Kier molecular flexibility index (Phi) is 2.79. The van der Waals surface area contributed by atoms with Gasteiger partial charge in [0.05, 0.1) is 16.1 Å². The van der Waals surface area contributed by atoms with E-state index in [1.54, 1.807) is 24.3 Å². The lowest BCUT2D eigenvalue weighted by molar-refractivity contribution is -0.120. The molecule has 1 aromatic carbocycles. The molecular weight excluding hydrogens is 291 g/mol. The molecule has 1 unspecified atom stereocenters. The van der Waals surface area contributed by atoms with Crippen molar-refractivity contribution < 1.29 is 18.0 Å². The molecule has 0 saturated heterocycles. The molecule has 8 heteroatoms. The normalized spacial score (nSPS) is 19.8. The van der Waals surface area contributed by atoms with Crippen molar-refractivity contribution in [2.24, 2.45) is 11.0 Å². The first kappa shape index (κ1) is 13.0. The average Bonchev–Trinajstić information content (AvgIpc) is 2.91. The first-order valence-corrected chi connectivity index (χ1v) is 6.55. The molecule has 0 N–H and O–H groups in total. The van der Waals surface area contributed by atoms with Gasteiger partial charge < -0.3 is 0 Å². The fourth-order valence-electron chi connectivity index (χ4n) is 1.93. The number of amides is 1. The van der Waals surface area contributed by atoms with Crippen molar-refractivity contribution in [2.75, 3.05) is 5.01 Å². The van der Waals surface area contributed by atoms with Crippen LogP contribution in [0.15, 0.2) is 29.4 Å². The van der Waals surface area contributed by atoms with Crippen molar-refractivity contribution in [1.29, 1.82) is 0 Å². The summed E-state index contributed by atoms with van der Waals surface area (Å²) in [6, 6.07) is 7.08. The molecule has 104 valence electrons. The van der Waals surface area contributed by atoms with Gasteiger partial charge in [-0.05, 0) is 19.1 Å². The summed E-state index contributed by atoms with van der Waals surface area (Å²) >= 11 is 1.13. The Balaban J connectivity index is 2.05. The maximum atomic E-state index is 12.8. The Bertz CT molecular complexity index is 689. The van der Waals surface area contributed by atoms with Crippen LogP contribution in [0.3, 0.4) is 0 Å². The quantitative estimate of drug-likeness (QED) is 0.811. The first-order valence-electron chi connectivity index (χ1n) is 5.73.